The molecule has 1 aromatic carbocycles. The van der Waals surface area contributed by atoms with Gasteiger partial charge in [0.1, 0.15) is 0 Å². The molecule has 0 fully saturated rings. The molecule has 0 unspecified atom stereocenters. The highest BCUT2D eigenvalue weighted by molar-refractivity contribution is 7.91. The predicted octanol–water partition coefficient (Wildman–Crippen LogP) is 3.10. The van der Waals surface area contributed by atoms with Crippen molar-refractivity contribution in [3.63, 3.8) is 0 Å². The van der Waals surface area contributed by atoms with E-state index >= 15 is 0 Å². The molecular weight excluding hydrogens is 243 g/mol. The quantitative estimate of drug-likeness (QED) is 0.811. The third-order valence-electron chi connectivity index (χ3n) is 1.99. The minimum Gasteiger partial charge on any atom is -0.224 e. The zero-order valence-electron chi connectivity index (χ0n) is 7.84. The van der Waals surface area contributed by atoms with Crippen molar-refractivity contribution in [3.05, 3.63) is 27.7 Å². The van der Waals surface area contributed by atoms with E-state index in [-0.39, 0.29) is 10.6 Å². The molecule has 1 rings (SSSR count). The van der Waals surface area contributed by atoms with E-state index in [0.29, 0.717) is 15.6 Å². The van der Waals surface area contributed by atoms with Crippen LogP contribution in [-0.4, -0.2) is 14.2 Å². The summed E-state index contributed by atoms with van der Waals surface area (Å²) in [5.41, 5.74) is 0.698. The van der Waals surface area contributed by atoms with E-state index in [1.165, 1.54) is 12.1 Å². The minimum atomic E-state index is -3.23. The Hall–Kier alpha value is -0.250. The van der Waals surface area contributed by atoms with Gasteiger partial charge in [0, 0.05) is 10.0 Å². The Morgan fingerprint density at radius 1 is 1.21 bits per heavy atom. The third-order valence-corrected chi connectivity index (χ3v) is 4.49. The number of hydrogen-bond acceptors (Lipinski definition) is 2. The molecule has 2 nitrogen and oxygen atoms in total. The highest BCUT2D eigenvalue weighted by Gasteiger charge is 2.14. The van der Waals surface area contributed by atoms with Crippen molar-refractivity contribution in [2.75, 3.05) is 5.75 Å². The van der Waals surface area contributed by atoms with E-state index in [1.54, 1.807) is 13.8 Å². The van der Waals surface area contributed by atoms with Gasteiger partial charge in [-0.1, -0.05) is 30.1 Å². The van der Waals surface area contributed by atoms with E-state index in [1.807, 2.05) is 0 Å². The van der Waals surface area contributed by atoms with Crippen LogP contribution < -0.4 is 0 Å². The lowest BCUT2D eigenvalue weighted by Crippen LogP contribution is -2.03. The molecule has 0 aromatic heterocycles. The van der Waals surface area contributed by atoms with Crippen molar-refractivity contribution in [2.45, 2.75) is 18.7 Å². The molecule has 0 N–H and O–H groups in total. The summed E-state index contributed by atoms with van der Waals surface area (Å²) in [6.07, 6.45) is 0. The Morgan fingerprint density at radius 2 is 1.64 bits per heavy atom. The molecule has 5 heteroatoms. The van der Waals surface area contributed by atoms with Gasteiger partial charge in [0.25, 0.3) is 0 Å². The average Bonchev–Trinajstić information content (AvgIpc) is 2.13. The molecule has 0 aliphatic heterocycles. The van der Waals surface area contributed by atoms with Crippen LogP contribution in [-0.2, 0) is 9.84 Å². The second kappa shape index (κ2) is 4.09. The summed E-state index contributed by atoms with van der Waals surface area (Å²) in [6.45, 7) is 3.32. The first-order chi connectivity index (χ1) is 6.38. The number of rotatable bonds is 2. The van der Waals surface area contributed by atoms with Gasteiger partial charge < -0.3 is 0 Å². The number of benzene rings is 1. The monoisotopic (exact) mass is 252 g/mol. The molecule has 78 valence electrons. The Morgan fingerprint density at radius 3 is 2.00 bits per heavy atom. The van der Waals surface area contributed by atoms with Crippen LogP contribution in [0, 0.1) is 6.92 Å². The van der Waals surface area contributed by atoms with Gasteiger partial charge in [-0.2, -0.15) is 0 Å². The second-order valence-corrected chi connectivity index (χ2v) is 6.01. The maximum atomic E-state index is 11.5. The van der Waals surface area contributed by atoms with Crippen LogP contribution in [0.4, 0.5) is 0 Å². The fourth-order valence-corrected chi connectivity index (χ4v) is 2.51. The molecule has 0 atom stereocenters. The fourth-order valence-electron chi connectivity index (χ4n) is 0.968. The van der Waals surface area contributed by atoms with Gasteiger partial charge in [-0.05, 0) is 24.6 Å². The number of sulfone groups is 1. The first-order valence-corrected chi connectivity index (χ1v) is 6.47. The summed E-state index contributed by atoms with van der Waals surface area (Å²) in [6, 6.07) is 2.86. The molecule has 0 saturated heterocycles. The Balaban J connectivity index is 3.41. The van der Waals surface area contributed by atoms with Crippen LogP contribution in [0.1, 0.15) is 12.5 Å². The lowest BCUT2D eigenvalue weighted by Gasteiger charge is -2.05. The molecular formula is C9H10Cl2O2S. The van der Waals surface area contributed by atoms with Gasteiger partial charge in [0.2, 0.25) is 0 Å². The molecule has 0 heterocycles. The Bertz CT molecular complexity index is 429. The van der Waals surface area contributed by atoms with Crippen molar-refractivity contribution in [3.8, 4) is 0 Å². The number of hydrogen-bond donors (Lipinski definition) is 0. The van der Waals surface area contributed by atoms with Gasteiger partial charge in [-0.25, -0.2) is 8.42 Å². The summed E-state index contributed by atoms with van der Waals surface area (Å²) in [5, 5.41) is 0.758. The standard InChI is InChI=1S/C9H10Cl2O2S/c1-3-14(12,13)7-4-8(10)6(2)9(11)5-7/h4-5H,3H2,1-2H3. The number of halogens is 2. The van der Waals surface area contributed by atoms with Crippen molar-refractivity contribution >= 4 is 33.0 Å². The van der Waals surface area contributed by atoms with E-state index in [9.17, 15) is 8.42 Å². The van der Waals surface area contributed by atoms with Crippen LogP contribution in [0.25, 0.3) is 0 Å². The summed E-state index contributed by atoms with van der Waals surface area (Å²) in [4.78, 5) is 0.181. The zero-order chi connectivity index (χ0) is 10.9. The van der Waals surface area contributed by atoms with Crippen molar-refractivity contribution in [1.82, 2.24) is 0 Å². The summed E-state index contributed by atoms with van der Waals surface area (Å²) >= 11 is 11.7. The van der Waals surface area contributed by atoms with Crippen LogP contribution >= 0.6 is 23.2 Å². The Labute approximate surface area is 93.8 Å². The molecule has 0 aliphatic carbocycles. The molecule has 0 amide bonds. The van der Waals surface area contributed by atoms with Crippen molar-refractivity contribution < 1.29 is 8.42 Å². The normalized spacial score (nSPS) is 11.7. The van der Waals surface area contributed by atoms with E-state index in [2.05, 4.69) is 0 Å². The second-order valence-electron chi connectivity index (χ2n) is 2.92. The fraction of sp³-hybridized carbons (Fsp3) is 0.333. The van der Waals surface area contributed by atoms with Crippen LogP contribution in [0.5, 0.6) is 0 Å². The highest BCUT2D eigenvalue weighted by Crippen LogP contribution is 2.28. The van der Waals surface area contributed by atoms with E-state index in [4.69, 9.17) is 23.2 Å². The third kappa shape index (κ3) is 2.22. The van der Waals surface area contributed by atoms with Gasteiger partial charge in [0.15, 0.2) is 9.84 Å². The minimum absolute atomic E-state index is 0.0444. The maximum Gasteiger partial charge on any atom is 0.178 e. The van der Waals surface area contributed by atoms with Gasteiger partial charge in [-0.15, -0.1) is 0 Å². The highest BCUT2D eigenvalue weighted by atomic mass is 35.5. The topological polar surface area (TPSA) is 34.1 Å². The smallest absolute Gasteiger partial charge is 0.178 e. The van der Waals surface area contributed by atoms with Crippen LogP contribution in [0.2, 0.25) is 10.0 Å². The zero-order valence-corrected chi connectivity index (χ0v) is 10.2. The first-order valence-electron chi connectivity index (χ1n) is 4.07. The maximum absolute atomic E-state index is 11.5. The van der Waals surface area contributed by atoms with E-state index < -0.39 is 9.84 Å². The average molecular weight is 253 g/mol. The summed E-state index contributed by atoms with van der Waals surface area (Å²) in [7, 11) is -3.23. The van der Waals surface area contributed by atoms with Gasteiger partial charge in [0.05, 0.1) is 10.6 Å². The van der Waals surface area contributed by atoms with Crippen LogP contribution in [0.3, 0.4) is 0 Å². The molecule has 0 aliphatic rings. The molecule has 1 aromatic rings. The van der Waals surface area contributed by atoms with Gasteiger partial charge in [-0.3, -0.25) is 0 Å². The lowest BCUT2D eigenvalue weighted by atomic mass is 10.2. The first kappa shape index (κ1) is 11.8. The van der Waals surface area contributed by atoms with E-state index in [0.717, 1.165) is 0 Å². The summed E-state index contributed by atoms with van der Waals surface area (Å²) < 4.78 is 23.0. The summed E-state index contributed by atoms with van der Waals surface area (Å²) in [5.74, 6) is 0.0444. The molecule has 0 bridgehead atoms. The molecule has 0 radical (unpaired) electrons. The molecule has 0 spiro atoms. The van der Waals surface area contributed by atoms with Crippen molar-refractivity contribution in [1.29, 1.82) is 0 Å². The van der Waals surface area contributed by atoms with Crippen LogP contribution in [0.15, 0.2) is 17.0 Å². The SMILES string of the molecule is CCS(=O)(=O)c1cc(Cl)c(C)c(Cl)c1. The Kier molecular flexibility index (Phi) is 3.45. The molecule has 14 heavy (non-hydrogen) atoms. The largest absolute Gasteiger partial charge is 0.224 e. The van der Waals surface area contributed by atoms with Crippen molar-refractivity contribution in [2.24, 2.45) is 0 Å². The lowest BCUT2D eigenvalue weighted by molar-refractivity contribution is 0.597. The van der Waals surface area contributed by atoms with Gasteiger partial charge >= 0.3 is 0 Å². The predicted molar refractivity (Wildman–Crippen MR) is 58.9 cm³/mol. The molecule has 0 saturated carbocycles.